The van der Waals surface area contributed by atoms with Crippen molar-refractivity contribution in [2.24, 2.45) is 0 Å². The second kappa shape index (κ2) is 5.59. The Morgan fingerprint density at radius 1 is 1.44 bits per heavy atom. The number of aromatic hydroxyl groups is 1. The number of hydrogen-bond acceptors (Lipinski definition) is 6. The number of aliphatic carboxylic acids is 1. The molecule has 5 rings (SSSR count). The van der Waals surface area contributed by atoms with Crippen molar-refractivity contribution in [3.63, 3.8) is 0 Å². The van der Waals surface area contributed by atoms with E-state index in [2.05, 4.69) is 17.3 Å². The van der Waals surface area contributed by atoms with E-state index in [1.54, 1.807) is 13.2 Å². The van der Waals surface area contributed by atoms with Gasteiger partial charge in [0.2, 0.25) is 0 Å². The van der Waals surface area contributed by atoms with E-state index >= 15 is 0 Å². The van der Waals surface area contributed by atoms with E-state index in [1.807, 2.05) is 6.07 Å². The van der Waals surface area contributed by atoms with E-state index in [9.17, 15) is 9.90 Å². The number of benzene rings is 1. The molecule has 1 aromatic rings. The maximum absolute atomic E-state index is 11.1. The van der Waals surface area contributed by atoms with Gasteiger partial charge >= 0.3 is 5.97 Å². The molecule has 2 heterocycles. The van der Waals surface area contributed by atoms with Crippen LogP contribution in [-0.4, -0.2) is 72.1 Å². The summed E-state index contributed by atoms with van der Waals surface area (Å²) in [5.74, 6) is -0.136. The number of phenols is 1. The highest BCUT2D eigenvalue weighted by molar-refractivity contribution is 5.69. The third-order valence-corrected chi connectivity index (χ3v) is 7.57. The van der Waals surface area contributed by atoms with Crippen molar-refractivity contribution in [1.82, 2.24) is 10.2 Å². The van der Waals surface area contributed by atoms with Crippen molar-refractivity contribution in [3.8, 4) is 11.5 Å². The molecule has 2 bridgehead atoms. The molecule has 0 radical (unpaired) electrons. The van der Waals surface area contributed by atoms with Crippen LogP contribution in [0, 0.1) is 0 Å². The molecule has 7 heteroatoms. The number of nitrogens with zero attached hydrogens (tertiary/aromatic N) is 1. The van der Waals surface area contributed by atoms with Crippen LogP contribution in [-0.2, 0) is 21.4 Å². The van der Waals surface area contributed by atoms with E-state index in [4.69, 9.17) is 14.6 Å². The van der Waals surface area contributed by atoms with Gasteiger partial charge in [0, 0.05) is 24.8 Å². The van der Waals surface area contributed by atoms with Crippen LogP contribution in [0.2, 0.25) is 0 Å². The first-order valence-electron chi connectivity index (χ1n) is 9.67. The third-order valence-electron chi connectivity index (χ3n) is 7.57. The van der Waals surface area contributed by atoms with Gasteiger partial charge in [-0.15, -0.1) is 0 Å². The maximum Gasteiger partial charge on any atom is 0.317 e. The number of likely N-dealkylation sites (N-methyl/N-ethyl adjacent to an activating group) is 1. The first kappa shape index (κ1) is 17.3. The number of nitrogens with one attached hydrogen (secondary N) is 1. The molecular weight excluding hydrogens is 348 g/mol. The minimum Gasteiger partial charge on any atom is -0.504 e. The van der Waals surface area contributed by atoms with E-state index in [1.165, 1.54) is 5.56 Å². The van der Waals surface area contributed by atoms with Crippen LogP contribution in [0.25, 0.3) is 0 Å². The van der Waals surface area contributed by atoms with Crippen molar-refractivity contribution in [3.05, 3.63) is 23.3 Å². The van der Waals surface area contributed by atoms with Crippen LogP contribution in [0.5, 0.6) is 11.5 Å². The topological polar surface area (TPSA) is 91.3 Å². The lowest BCUT2D eigenvalue weighted by Gasteiger charge is -2.65. The molecule has 5 atom stereocenters. The lowest BCUT2D eigenvalue weighted by molar-refractivity contribution is -0.203. The lowest BCUT2D eigenvalue weighted by Crippen LogP contribution is -2.78. The zero-order chi connectivity index (χ0) is 19.0. The summed E-state index contributed by atoms with van der Waals surface area (Å²) in [5, 5.41) is 22.9. The summed E-state index contributed by atoms with van der Waals surface area (Å²) < 4.78 is 12.8. The molecule has 1 saturated carbocycles. The Balaban J connectivity index is 1.71. The van der Waals surface area contributed by atoms with Gasteiger partial charge in [0.1, 0.15) is 6.10 Å². The highest BCUT2D eigenvalue weighted by Gasteiger charge is 2.73. The predicted octanol–water partition coefficient (Wildman–Crippen LogP) is 0.873. The van der Waals surface area contributed by atoms with E-state index < -0.39 is 11.6 Å². The van der Waals surface area contributed by atoms with Gasteiger partial charge in [-0.1, -0.05) is 6.07 Å². The Morgan fingerprint density at radius 2 is 2.26 bits per heavy atom. The zero-order valence-electron chi connectivity index (χ0n) is 15.7. The summed E-state index contributed by atoms with van der Waals surface area (Å²) in [7, 11) is 3.95. The third kappa shape index (κ3) is 1.94. The van der Waals surface area contributed by atoms with Crippen LogP contribution in [0.1, 0.15) is 30.4 Å². The van der Waals surface area contributed by atoms with Gasteiger partial charge in [0.15, 0.2) is 11.5 Å². The zero-order valence-corrected chi connectivity index (χ0v) is 15.7. The second-order valence-electron chi connectivity index (χ2n) is 8.42. The number of likely N-dealkylation sites (tertiary alicyclic amines) is 1. The number of piperidine rings is 1. The summed E-state index contributed by atoms with van der Waals surface area (Å²) in [5.41, 5.74) is 1.56. The average molecular weight is 374 g/mol. The monoisotopic (exact) mass is 374 g/mol. The summed E-state index contributed by atoms with van der Waals surface area (Å²) in [4.78, 5) is 13.5. The van der Waals surface area contributed by atoms with Crippen molar-refractivity contribution in [2.75, 3.05) is 27.2 Å². The van der Waals surface area contributed by atoms with E-state index in [-0.39, 0.29) is 35.9 Å². The number of hydrogen-bond donors (Lipinski definition) is 3. The Hall–Kier alpha value is -1.83. The molecule has 1 saturated heterocycles. The fourth-order valence-corrected chi connectivity index (χ4v) is 6.57. The summed E-state index contributed by atoms with van der Waals surface area (Å²) in [6.45, 7) is 0.828. The van der Waals surface area contributed by atoms with Crippen molar-refractivity contribution in [1.29, 1.82) is 0 Å². The number of phenolic OH excluding ortho intramolecular Hbond substituents is 1. The number of rotatable bonds is 4. The second-order valence-corrected chi connectivity index (χ2v) is 8.42. The van der Waals surface area contributed by atoms with Crippen LogP contribution in [0.4, 0.5) is 0 Å². The smallest absolute Gasteiger partial charge is 0.317 e. The highest BCUT2D eigenvalue weighted by atomic mass is 16.5. The van der Waals surface area contributed by atoms with Crippen molar-refractivity contribution < 1.29 is 24.5 Å². The van der Waals surface area contributed by atoms with Gasteiger partial charge in [-0.25, -0.2) is 0 Å². The molecule has 2 fully saturated rings. The fourth-order valence-electron chi connectivity index (χ4n) is 6.57. The largest absolute Gasteiger partial charge is 0.504 e. The molecule has 4 aliphatic rings. The molecule has 146 valence electrons. The molecule has 2 aliphatic carbocycles. The summed E-state index contributed by atoms with van der Waals surface area (Å²) >= 11 is 0. The molecule has 1 spiro atoms. The van der Waals surface area contributed by atoms with Gasteiger partial charge in [-0.2, -0.15) is 0 Å². The molecule has 0 aromatic heterocycles. The molecule has 2 unspecified atom stereocenters. The Kier molecular flexibility index (Phi) is 3.58. The van der Waals surface area contributed by atoms with Crippen LogP contribution < -0.4 is 10.1 Å². The fraction of sp³-hybridized carbons (Fsp3) is 0.650. The number of carboxylic acid groups (broad SMARTS) is 1. The molecule has 0 amide bonds. The molecule has 3 N–H and O–H groups in total. The molecule has 7 nitrogen and oxygen atoms in total. The van der Waals surface area contributed by atoms with Gasteiger partial charge in [-0.3, -0.25) is 4.79 Å². The first-order valence-corrected chi connectivity index (χ1v) is 9.67. The van der Waals surface area contributed by atoms with Crippen LogP contribution in [0.15, 0.2) is 12.1 Å². The van der Waals surface area contributed by atoms with Gasteiger partial charge in [-0.05, 0) is 50.9 Å². The maximum atomic E-state index is 11.1. The number of carbonyl (C=O) groups is 1. The highest BCUT2D eigenvalue weighted by Crippen LogP contribution is 2.66. The Morgan fingerprint density at radius 3 is 3.00 bits per heavy atom. The Bertz CT molecular complexity index is 814. The Labute approximate surface area is 158 Å². The van der Waals surface area contributed by atoms with Crippen LogP contribution >= 0.6 is 0 Å². The molecular formula is C20H26N2O5. The predicted molar refractivity (Wildman–Crippen MR) is 97.3 cm³/mol. The average Bonchev–Trinajstić information content (AvgIpc) is 3.01. The molecule has 1 aromatic carbocycles. The number of ether oxygens (including phenoxy) is 2. The van der Waals surface area contributed by atoms with Crippen LogP contribution in [0.3, 0.4) is 0 Å². The minimum atomic E-state index is -0.875. The number of carboxylic acids is 1. The first-order chi connectivity index (χ1) is 12.9. The summed E-state index contributed by atoms with van der Waals surface area (Å²) in [6, 6.07) is 3.89. The van der Waals surface area contributed by atoms with Crippen molar-refractivity contribution >= 4 is 5.97 Å². The van der Waals surface area contributed by atoms with Gasteiger partial charge in [0.05, 0.1) is 17.6 Å². The van der Waals surface area contributed by atoms with Crippen molar-refractivity contribution in [2.45, 2.75) is 54.9 Å². The minimum absolute atomic E-state index is 0.0915. The SMILES string of the molecule is COC12CC[C@@H](NCC(=O)O)[C@@H]3Oc4c(O)ccc5c4[C@@]31CCN(C)C2C5. The van der Waals surface area contributed by atoms with E-state index in [0.29, 0.717) is 5.75 Å². The quantitative estimate of drug-likeness (QED) is 0.720. The van der Waals surface area contributed by atoms with E-state index in [0.717, 1.165) is 37.8 Å². The normalized spacial score (nSPS) is 39.0. The van der Waals surface area contributed by atoms with Gasteiger partial charge < -0.3 is 29.9 Å². The summed E-state index contributed by atoms with van der Waals surface area (Å²) in [6.07, 6.45) is 3.11. The standard InChI is InChI=1S/C20H26N2O5/c1-22-8-7-19-16-11-3-4-13(23)17(16)27-18(19)12(21-10-15(24)25)5-6-20(19,26-2)14(22)9-11/h3-4,12,14,18,21,23H,5-10H2,1-2H3,(H,24,25)/t12-,14?,18+,19+,20?/m1/s1. The molecule has 27 heavy (non-hydrogen) atoms. The van der Waals surface area contributed by atoms with Gasteiger partial charge in [0.25, 0.3) is 0 Å². The lowest BCUT2D eigenvalue weighted by atomic mass is 9.48. The number of methoxy groups -OCH3 is 1. The molecule has 2 aliphatic heterocycles.